The Hall–Kier alpha value is -3.17. The van der Waals surface area contributed by atoms with Gasteiger partial charge in [-0.25, -0.2) is 0 Å². The molecule has 0 radical (unpaired) electrons. The summed E-state index contributed by atoms with van der Waals surface area (Å²) in [7, 11) is 0. The monoisotopic (exact) mass is 484 g/mol. The summed E-state index contributed by atoms with van der Waals surface area (Å²) in [5.41, 5.74) is 1.09. The molecule has 0 N–H and O–H groups in total. The molecular weight excluding hydrogens is 472 g/mol. The van der Waals surface area contributed by atoms with Crippen LogP contribution in [0.5, 0.6) is 0 Å². The molecule has 0 spiro atoms. The van der Waals surface area contributed by atoms with Crippen molar-refractivity contribution in [1.82, 2.24) is 4.90 Å². The fourth-order valence-corrected chi connectivity index (χ4v) is 4.04. The van der Waals surface area contributed by atoms with Crippen molar-refractivity contribution in [3.63, 3.8) is 0 Å². The zero-order chi connectivity index (χ0) is 21.3. The van der Waals surface area contributed by atoms with Gasteiger partial charge in [0.1, 0.15) is 11.5 Å². The number of halogens is 1. The van der Waals surface area contributed by atoms with Crippen LogP contribution in [-0.2, 0) is 11.3 Å². The van der Waals surface area contributed by atoms with Crippen LogP contribution >= 0.6 is 27.7 Å². The highest BCUT2D eigenvalue weighted by Crippen LogP contribution is 2.35. The number of nitrogens with zero attached hydrogens (tertiary/aromatic N) is 2. The van der Waals surface area contributed by atoms with Gasteiger partial charge in [0.05, 0.1) is 21.9 Å². The third-order valence-electron chi connectivity index (χ3n) is 4.39. The maximum absolute atomic E-state index is 12.7. The molecule has 1 aromatic heterocycles. The van der Waals surface area contributed by atoms with Gasteiger partial charge in [-0.1, -0.05) is 40.2 Å². The molecule has 3 aromatic rings. The number of nitro groups is 1. The number of benzene rings is 2. The topological polar surface area (TPSA) is 93.7 Å². The van der Waals surface area contributed by atoms with Crippen molar-refractivity contribution in [2.45, 2.75) is 6.54 Å². The van der Waals surface area contributed by atoms with Crippen molar-refractivity contribution in [3.05, 3.63) is 91.5 Å². The predicted molar refractivity (Wildman–Crippen MR) is 116 cm³/mol. The Morgan fingerprint density at radius 3 is 2.53 bits per heavy atom. The van der Waals surface area contributed by atoms with Crippen molar-refractivity contribution in [3.8, 4) is 11.3 Å². The first kappa shape index (κ1) is 20.1. The van der Waals surface area contributed by atoms with Gasteiger partial charge in [-0.15, -0.1) is 0 Å². The van der Waals surface area contributed by atoms with Crippen LogP contribution in [0.25, 0.3) is 17.4 Å². The molecule has 0 unspecified atom stereocenters. The van der Waals surface area contributed by atoms with E-state index in [-0.39, 0.29) is 22.4 Å². The number of para-hydroxylation sites is 1. The molecule has 2 amide bonds. The summed E-state index contributed by atoms with van der Waals surface area (Å²) in [6.45, 7) is 0.175. The van der Waals surface area contributed by atoms with Gasteiger partial charge in [0.25, 0.3) is 16.8 Å². The molecular formula is C21H13BrN2O5S. The van der Waals surface area contributed by atoms with Crippen LogP contribution in [0, 0.1) is 10.1 Å². The molecule has 2 heterocycles. The molecule has 150 valence electrons. The highest BCUT2D eigenvalue weighted by molar-refractivity contribution is 9.10. The maximum atomic E-state index is 12.7. The summed E-state index contributed by atoms with van der Waals surface area (Å²) in [6.07, 6.45) is 1.48. The lowest BCUT2D eigenvalue weighted by atomic mass is 10.1. The second-order valence-corrected chi connectivity index (χ2v) is 8.28. The van der Waals surface area contributed by atoms with E-state index >= 15 is 0 Å². The average molecular weight is 485 g/mol. The first-order valence-corrected chi connectivity index (χ1v) is 10.4. The highest BCUT2D eigenvalue weighted by Gasteiger charge is 2.35. The molecule has 1 saturated heterocycles. The molecule has 4 rings (SSSR count). The van der Waals surface area contributed by atoms with Crippen LogP contribution in [-0.4, -0.2) is 21.0 Å². The van der Waals surface area contributed by atoms with E-state index in [0.717, 1.165) is 21.8 Å². The lowest BCUT2D eigenvalue weighted by Crippen LogP contribution is -2.27. The van der Waals surface area contributed by atoms with Crippen LogP contribution in [0.2, 0.25) is 0 Å². The molecule has 2 aromatic carbocycles. The first-order chi connectivity index (χ1) is 14.4. The number of carbonyl (C=O) groups is 2. The number of amides is 2. The van der Waals surface area contributed by atoms with Gasteiger partial charge < -0.3 is 4.42 Å². The van der Waals surface area contributed by atoms with E-state index in [1.54, 1.807) is 30.3 Å². The summed E-state index contributed by atoms with van der Waals surface area (Å²) >= 11 is 4.18. The Kier molecular flexibility index (Phi) is 5.56. The standard InChI is InChI=1S/C21H13BrN2O5S/c22-14-7-5-13(6-8-14)12-23-20(25)19(30-21(23)26)11-15-9-10-18(29-15)16-3-1-2-4-17(16)24(27)28/h1-11H,12H2. The number of hydrogen-bond acceptors (Lipinski definition) is 6. The van der Waals surface area contributed by atoms with E-state index in [4.69, 9.17) is 4.42 Å². The molecule has 1 fully saturated rings. The number of thioether (sulfide) groups is 1. The SMILES string of the molecule is O=C1SC(=Cc2ccc(-c3ccccc3[N+](=O)[O-])o2)C(=O)N1Cc1ccc(Br)cc1. The van der Waals surface area contributed by atoms with Gasteiger partial charge in [-0.2, -0.15) is 0 Å². The highest BCUT2D eigenvalue weighted by atomic mass is 79.9. The smallest absolute Gasteiger partial charge is 0.293 e. The van der Waals surface area contributed by atoms with E-state index in [2.05, 4.69) is 15.9 Å². The fraction of sp³-hybridized carbons (Fsp3) is 0.0476. The second kappa shape index (κ2) is 8.29. The zero-order valence-corrected chi connectivity index (χ0v) is 17.7. The Labute approximate surface area is 183 Å². The van der Waals surface area contributed by atoms with Gasteiger partial charge >= 0.3 is 0 Å². The second-order valence-electron chi connectivity index (χ2n) is 6.37. The molecule has 7 nitrogen and oxygen atoms in total. The van der Waals surface area contributed by atoms with Gasteiger partial charge in [-0.3, -0.25) is 24.6 Å². The van der Waals surface area contributed by atoms with Gasteiger partial charge in [-0.05, 0) is 47.7 Å². The number of imide groups is 1. The third-order valence-corrected chi connectivity index (χ3v) is 5.83. The fourth-order valence-electron chi connectivity index (χ4n) is 2.95. The summed E-state index contributed by atoms with van der Waals surface area (Å²) in [5.74, 6) is 0.233. The summed E-state index contributed by atoms with van der Waals surface area (Å²) < 4.78 is 6.60. The number of nitro benzene ring substituents is 1. The molecule has 0 atom stereocenters. The Morgan fingerprint density at radius 2 is 1.80 bits per heavy atom. The van der Waals surface area contributed by atoms with E-state index in [9.17, 15) is 19.7 Å². The van der Waals surface area contributed by atoms with Crippen LogP contribution in [0.4, 0.5) is 10.5 Å². The van der Waals surface area contributed by atoms with E-state index in [0.29, 0.717) is 17.1 Å². The minimum absolute atomic E-state index is 0.0757. The van der Waals surface area contributed by atoms with Crippen molar-refractivity contribution < 1.29 is 18.9 Å². The molecule has 0 aliphatic carbocycles. The number of hydrogen-bond donors (Lipinski definition) is 0. The summed E-state index contributed by atoms with van der Waals surface area (Å²) in [4.78, 5) is 37.2. The van der Waals surface area contributed by atoms with Gasteiger partial charge in [0.2, 0.25) is 0 Å². The molecule has 0 bridgehead atoms. The Morgan fingerprint density at radius 1 is 1.07 bits per heavy atom. The van der Waals surface area contributed by atoms with Crippen molar-refractivity contribution >= 4 is 50.6 Å². The number of carbonyl (C=O) groups excluding carboxylic acids is 2. The normalized spacial score (nSPS) is 15.2. The zero-order valence-electron chi connectivity index (χ0n) is 15.3. The van der Waals surface area contributed by atoms with Crippen LogP contribution in [0.3, 0.4) is 0 Å². The molecule has 1 aliphatic rings. The molecule has 9 heteroatoms. The predicted octanol–water partition coefficient (Wildman–Crippen LogP) is 5.85. The lowest BCUT2D eigenvalue weighted by molar-refractivity contribution is -0.384. The summed E-state index contributed by atoms with van der Waals surface area (Å²) in [6, 6.07) is 16.8. The quantitative estimate of drug-likeness (QED) is 0.256. The summed E-state index contributed by atoms with van der Waals surface area (Å²) in [5, 5.41) is 10.9. The van der Waals surface area contributed by atoms with Gasteiger partial charge in [0.15, 0.2) is 0 Å². The van der Waals surface area contributed by atoms with Crippen molar-refractivity contribution in [2.24, 2.45) is 0 Å². The lowest BCUT2D eigenvalue weighted by Gasteiger charge is -2.12. The Balaban J connectivity index is 1.56. The van der Waals surface area contributed by atoms with Gasteiger partial charge in [0, 0.05) is 16.6 Å². The molecule has 30 heavy (non-hydrogen) atoms. The minimum Gasteiger partial charge on any atom is -0.456 e. The number of furan rings is 1. The Bertz CT molecular complexity index is 1190. The first-order valence-electron chi connectivity index (χ1n) is 8.76. The van der Waals surface area contributed by atoms with Crippen molar-refractivity contribution in [1.29, 1.82) is 0 Å². The van der Waals surface area contributed by atoms with Crippen LogP contribution < -0.4 is 0 Å². The minimum atomic E-state index is -0.481. The van der Waals surface area contributed by atoms with Crippen LogP contribution in [0.15, 0.2) is 74.5 Å². The van der Waals surface area contributed by atoms with E-state index < -0.39 is 10.8 Å². The van der Waals surface area contributed by atoms with Crippen LogP contribution in [0.1, 0.15) is 11.3 Å². The van der Waals surface area contributed by atoms with Crippen molar-refractivity contribution in [2.75, 3.05) is 0 Å². The largest absolute Gasteiger partial charge is 0.456 e. The maximum Gasteiger partial charge on any atom is 0.293 e. The number of rotatable bonds is 5. The van der Waals surface area contributed by atoms with E-state index in [1.807, 2.05) is 24.3 Å². The molecule has 0 saturated carbocycles. The third kappa shape index (κ3) is 4.07. The van der Waals surface area contributed by atoms with E-state index in [1.165, 1.54) is 17.0 Å². The molecule has 1 aliphatic heterocycles. The average Bonchev–Trinajstić information content (AvgIpc) is 3.30.